The Bertz CT molecular complexity index is 948. The Morgan fingerprint density at radius 2 is 1.96 bits per heavy atom. The third-order valence-electron chi connectivity index (χ3n) is 3.60. The topological polar surface area (TPSA) is 104 Å². The highest BCUT2D eigenvalue weighted by atomic mass is 16.5. The molecule has 27 heavy (non-hydrogen) atoms. The summed E-state index contributed by atoms with van der Waals surface area (Å²) >= 11 is 0. The molecule has 0 spiro atoms. The van der Waals surface area contributed by atoms with Gasteiger partial charge in [-0.15, -0.1) is 5.10 Å². The smallest absolute Gasteiger partial charge is 0.266 e. The molecule has 0 bridgehead atoms. The highest BCUT2D eigenvalue weighted by Gasteiger charge is 2.07. The second kappa shape index (κ2) is 8.26. The molecule has 1 aromatic carbocycles. The molecule has 140 valence electrons. The first-order valence-corrected chi connectivity index (χ1v) is 8.51. The number of carbonyl (C=O) groups excluding carboxylic acids is 1. The minimum absolute atomic E-state index is 0.0729. The molecule has 3 aromatic rings. The van der Waals surface area contributed by atoms with Crippen LogP contribution in [0.4, 0.5) is 0 Å². The second-order valence-electron chi connectivity index (χ2n) is 6.04. The normalized spacial score (nSPS) is 10.8. The van der Waals surface area contributed by atoms with Crippen molar-refractivity contribution >= 4 is 5.91 Å². The Morgan fingerprint density at radius 3 is 2.63 bits per heavy atom. The van der Waals surface area contributed by atoms with Crippen molar-refractivity contribution in [3.05, 3.63) is 65.0 Å². The number of nitrogens with one attached hydrogen (secondary N) is 1. The highest BCUT2D eigenvalue weighted by molar-refractivity contribution is 5.94. The van der Waals surface area contributed by atoms with E-state index in [1.54, 1.807) is 30.3 Å². The number of benzene rings is 1. The summed E-state index contributed by atoms with van der Waals surface area (Å²) in [6.45, 7) is 4.38. The van der Waals surface area contributed by atoms with E-state index in [2.05, 4.69) is 20.5 Å². The number of hydrogen-bond donors (Lipinski definition) is 1. The quantitative estimate of drug-likeness (QED) is 0.668. The van der Waals surface area contributed by atoms with Gasteiger partial charge in [0, 0.05) is 18.2 Å². The standard InChI is InChI=1S/C18H20N6O3/c1-13(2)27-15-5-3-14(4-6-15)18(26)20-9-10-23-17(25)8-7-16(22-23)24-12-19-11-21-24/h3-8,11-13H,9-10H2,1-2H3,(H,20,26). The maximum Gasteiger partial charge on any atom is 0.266 e. The first kappa shape index (κ1) is 18.3. The summed E-state index contributed by atoms with van der Waals surface area (Å²) in [5.74, 6) is 0.952. The summed E-state index contributed by atoms with van der Waals surface area (Å²) in [5, 5.41) is 11.0. The summed E-state index contributed by atoms with van der Waals surface area (Å²) in [5.41, 5.74) is 0.256. The van der Waals surface area contributed by atoms with Crippen LogP contribution in [0.2, 0.25) is 0 Å². The van der Waals surface area contributed by atoms with Crippen molar-refractivity contribution in [3.8, 4) is 11.6 Å². The fraction of sp³-hybridized carbons (Fsp3) is 0.278. The molecule has 1 N–H and O–H groups in total. The van der Waals surface area contributed by atoms with E-state index in [9.17, 15) is 9.59 Å². The number of amides is 1. The van der Waals surface area contributed by atoms with Gasteiger partial charge in [-0.3, -0.25) is 9.59 Å². The minimum atomic E-state index is -0.261. The van der Waals surface area contributed by atoms with Crippen LogP contribution in [0, 0.1) is 0 Å². The van der Waals surface area contributed by atoms with E-state index in [-0.39, 0.29) is 30.7 Å². The summed E-state index contributed by atoms with van der Waals surface area (Å²) in [6, 6.07) is 9.86. The second-order valence-corrected chi connectivity index (χ2v) is 6.04. The van der Waals surface area contributed by atoms with Crippen molar-refractivity contribution in [1.29, 1.82) is 0 Å². The molecular formula is C18H20N6O3. The van der Waals surface area contributed by atoms with E-state index in [1.807, 2.05) is 13.8 Å². The van der Waals surface area contributed by atoms with Gasteiger partial charge >= 0.3 is 0 Å². The molecule has 0 fully saturated rings. The van der Waals surface area contributed by atoms with Crippen molar-refractivity contribution in [1.82, 2.24) is 29.9 Å². The predicted octanol–water partition coefficient (Wildman–Crippen LogP) is 1.04. The molecule has 0 radical (unpaired) electrons. The molecular weight excluding hydrogens is 348 g/mol. The molecule has 0 atom stereocenters. The summed E-state index contributed by atoms with van der Waals surface area (Å²) in [6.07, 6.45) is 2.95. The Morgan fingerprint density at radius 1 is 1.19 bits per heavy atom. The average molecular weight is 368 g/mol. The van der Waals surface area contributed by atoms with E-state index in [0.29, 0.717) is 17.1 Å². The molecule has 9 heteroatoms. The zero-order chi connectivity index (χ0) is 19.2. The van der Waals surface area contributed by atoms with Crippen LogP contribution in [0.3, 0.4) is 0 Å². The fourth-order valence-corrected chi connectivity index (χ4v) is 2.38. The molecule has 0 unspecified atom stereocenters. The molecule has 2 aromatic heterocycles. The van der Waals surface area contributed by atoms with Crippen LogP contribution < -0.4 is 15.6 Å². The fourth-order valence-electron chi connectivity index (χ4n) is 2.38. The van der Waals surface area contributed by atoms with Gasteiger partial charge < -0.3 is 10.1 Å². The number of hydrogen-bond acceptors (Lipinski definition) is 6. The Balaban J connectivity index is 1.58. The molecule has 9 nitrogen and oxygen atoms in total. The van der Waals surface area contributed by atoms with Gasteiger partial charge in [-0.2, -0.15) is 5.10 Å². The minimum Gasteiger partial charge on any atom is -0.491 e. The van der Waals surface area contributed by atoms with Gasteiger partial charge in [0.1, 0.15) is 18.4 Å². The summed E-state index contributed by atoms with van der Waals surface area (Å²) in [4.78, 5) is 28.0. The monoisotopic (exact) mass is 368 g/mol. The van der Waals surface area contributed by atoms with Gasteiger partial charge in [-0.1, -0.05) is 0 Å². The maximum atomic E-state index is 12.2. The van der Waals surface area contributed by atoms with Gasteiger partial charge in [0.15, 0.2) is 5.82 Å². The number of ether oxygens (including phenoxy) is 1. The van der Waals surface area contributed by atoms with E-state index >= 15 is 0 Å². The number of aromatic nitrogens is 5. The predicted molar refractivity (Wildman–Crippen MR) is 98.0 cm³/mol. The molecule has 0 saturated heterocycles. The molecule has 2 heterocycles. The number of rotatable bonds is 7. The van der Waals surface area contributed by atoms with Crippen LogP contribution >= 0.6 is 0 Å². The first-order chi connectivity index (χ1) is 13.0. The third kappa shape index (κ3) is 4.78. The van der Waals surface area contributed by atoms with Crippen LogP contribution in [0.1, 0.15) is 24.2 Å². The molecule has 1 amide bonds. The Hall–Kier alpha value is -3.49. The molecule has 0 aliphatic heterocycles. The zero-order valence-corrected chi connectivity index (χ0v) is 15.1. The van der Waals surface area contributed by atoms with E-state index in [1.165, 1.54) is 28.1 Å². The lowest BCUT2D eigenvalue weighted by atomic mass is 10.2. The van der Waals surface area contributed by atoms with Crippen LogP contribution in [-0.2, 0) is 6.54 Å². The lowest BCUT2D eigenvalue weighted by Crippen LogP contribution is -2.32. The largest absolute Gasteiger partial charge is 0.491 e. The van der Waals surface area contributed by atoms with Crippen LogP contribution in [0.15, 0.2) is 53.8 Å². The zero-order valence-electron chi connectivity index (χ0n) is 15.1. The average Bonchev–Trinajstić information content (AvgIpc) is 3.18. The molecule has 0 saturated carbocycles. The van der Waals surface area contributed by atoms with Crippen LogP contribution in [0.5, 0.6) is 5.75 Å². The summed E-state index contributed by atoms with van der Waals surface area (Å²) < 4.78 is 8.28. The van der Waals surface area contributed by atoms with E-state index in [4.69, 9.17) is 4.74 Å². The lowest BCUT2D eigenvalue weighted by molar-refractivity contribution is 0.0951. The third-order valence-corrected chi connectivity index (χ3v) is 3.60. The van der Waals surface area contributed by atoms with Gasteiger partial charge in [0.2, 0.25) is 0 Å². The van der Waals surface area contributed by atoms with Crippen molar-refractivity contribution < 1.29 is 9.53 Å². The van der Waals surface area contributed by atoms with E-state index < -0.39 is 0 Å². The molecule has 3 rings (SSSR count). The van der Waals surface area contributed by atoms with Crippen LogP contribution in [0.25, 0.3) is 5.82 Å². The molecule has 0 aliphatic rings. The van der Waals surface area contributed by atoms with Crippen molar-refractivity contribution in [2.24, 2.45) is 0 Å². The van der Waals surface area contributed by atoms with Gasteiger partial charge in [0.25, 0.3) is 11.5 Å². The maximum absolute atomic E-state index is 12.2. The van der Waals surface area contributed by atoms with Crippen molar-refractivity contribution in [3.63, 3.8) is 0 Å². The first-order valence-electron chi connectivity index (χ1n) is 8.51. The van der Waals surface area contributed by atoms with Gasteiger partial charge in [-0.25, -0.2) is 14.3 Å². The van der Waals surface area contributed by atoms with Crippen molar-refractivity contribution in [2.75, 3.05) is 6.54 Å². The Kier molecular flexibility index (Phi) is 5.60. The SMILES string of the molecule is CC(C)Oc1ccc(C(=O)NCCn2nc(-n3cncn3)ccc2=O)cc1. The van der Waals surface area contributed by atoms with Crippen LogP contribution in [-0.4, -0.2) is 43.1 Å². The lowest BCUT2D eigenvalue weighted by Gasteiger charge is -2.10. The van der Waals surface area contributed by atoms with Crippen molar-refractivity contribution in [2.45, 2.75) is 26.5 Å². The van der Waals surface area contributed by atoms with E-state index in [0.717, 1.165) is 0 Å². The number of nitrogens with zero attached hydrogens (tertiary/aromatic N) is 5. The highest BCUT2D eigenvalue weighted by Crippen LogP contribution is 2.13. The number of carbonyl (C=O) groups is 1. The Labute approximate surface area is 155 Å². The van der Waals surface area contributed by atoms with Gasteiger partial charge in [0.05, 0.1) is 12.6 Å². The van der Waals surface area contributed by atoms with Gasteiger partial charge in [-0.05, 0) is 44.2 Å². The molecule has 0 aliphatic carbocycles. The summed E-state index contributed by atoms with van der Waals surface area (Å²) in [7, 11) is 0.